The highest BCUT2D eigenvalue weighted by Gasteiger charge is 2.33. The minimum absolute atomic E-state index is 0.00628. The quantitative estimate of drug-likeness (QED) is 0.490. The fourth-order valence-electron chi connectivity index (χ4n) is 3.62. The van der Waals surface area contributed by atoms with Gasteiger partial charge in [0.1, 0.15) is 23.9 Å². The first-order valence-corrected chi connectivity index (χ1v) is 10.6. The summed E-state index contributed by atoms with van der Waals surface area (Å²) in [6.45, 7) is 2.26. The Bertz CT molecular complexity index is 1140. The average molecular weight is 462 g/mol. The molecule has 1 N–H and O–H groups in total. The van der Waals surface area contributed by atoms with E-state index in [2.05, 4.69) is 20.3 Å². The summed E-state index contributed by atoms with van der Waals surface area (Å²) in [6.07, 6.45) is -1.10. The summed E-state index contributed by atoms with van der Waals surface area (Å²) < 4.78 is 56.0. The van der Waals surface area contributed by atoms with Gasteiger partial charge in [-0.15, -0.1) is 0 Å². The van der Waals surface area contributed by atoms with E-state index in [0.29, 0.717) is 52.1 Å². The number of fused-ring (bicyclic) bond motifs is 1. The van der Waals surface area contributed by atoms with Gasteiger partial charge >= 0.3 is 6.18 Å². The molecule has 33 heavy (non-hydrogen) atoms. The van der Waals surface area contributed by atoms with Crippen LogP contribution in [0.1, 0.15) is 29.9 Å². The first kappa shape index (κ1) is 23.0. The predicted molar refractivity (Wildman–Crippen MR) is 116 cm³/mol. The third-order valence-electron chi connectivity index (χ3n) is 5.52. The molecule has 0 radical (unpaired) electrons. The van der Waals surface area contributed by atoms with Crippen LogP contribution in [0.2, 0.25) is 0 Å². The monoisotopic (exact) mass is 462 g/mol. The van der Waals surface area contributed by atoms with Crippen LogP contribution in [0.15, 0.2) is 30.5 Å². The molecule has 1 saturated carbocycles. The van der Waals surface area contributed by atoms with Crippen molar-refractivity contribution in [1.29, 1.82) is 0 Å². The SMILES string of the molecule is COc1cc2nc(C)nc(NCc3ccnc(C(F)(F)F)c3)c2cc1OCC(OC)C1CC1. The molecule has 3 aromatic rings. The third kappa shape index (κ3) is 5.44. The second kappa shape index (κ2) is 9.38. The van der Waals surface area contributed by atoms with Gasteiger partial charge in [0, 0.05) is 31.3 Å². The molecule has 1 aliphatic rings. The molecular formula is C23H25F3N4O3. The van der Waals surface area contributed by atoms with Gasteiger partial charge in [-0.05, 0) is 49.4 Å². The molecule has 10 heteroatoms. The van der Waals surface area contributed by atoms with Gasteiger partial charge in [-0.1, -0.05) is 0 Å². The van der Waals surface area contributed by atoms with Crippen molar-refractivity contribution in [3.05, 3.63) is 47.5 Å². The summed E-state index contributed by atoms with van der Waals surface area (Å²) in [5, 5.41) is 3.79. The van der Waals surface area contributed by atoms with Gasteiger partial charge in [-0.3, -0.25) is 4.98 Å². The second-order valence-electron chi connectivity index (χ2n) is 7.96. The van der Waals surface area contributed by atoms with E-state index in [0.717, 1.165) is 25.1 Å². The summed E-state index contributed by atoms with van der Waals surface area (Å²) in [5.41, 5.74) is 0.124. The number of aromatic nitrogens is 3. The standard InChI is InChI=1S/C23H25F3N4O3/c1-13-29-17-10-18(31-2)19(33-12-20(32-3)15-4-5-15)9-16(17)22(30-13)28-11-14-6-7-27-21(8-14)23(24,25)26/h6-10,15,20H,4-5,11-12H2,1-3H3,(H,28,29,30). The van der Waals surface area contributed by atoms with Crippen molar-refractivity contribution in [2.45, 2.75) is 38.6 Å². The maximum atomic E-state index is 13.0. The normalized spacial score (nSPS) is 14.8. The number of benzene rings is 1. The summed E-state index contributed by atoms with van der Waals surface area (Å²) >= 11 is 0. The predicted octanol–water partition coefficient (Wildman–Crippen LogP) is 4.78. The van der Waals surface area contributed by atoms with Crippen LogP contribution in [-0.4, -0.2) is 41.9 Å². The largest absolute Gasteiger partial charge is 0.493 e. The molecule has 1 atom stereocenters. The highest BCUT2D eigenvalue weighted by atomic mass is 19.4. The molecule has 0 spiro atoms. The van der Waals surface area contributed by atoms with Crippen molar-refractivity contribution < 1.29 is 27.4 Å². The van der Waals surface area contributed by atoms with Gasteiger partial charge in [0.15, 0.2) is 11.5 Å². The smallest absolute Gasteiger partial charge is 0.433 e. The lowest BCUT2D eigenvalue weighted by Crippen LogP contribution is -2.22. The number of nitrogens with zero attached hydrogens (tertiary/aromatic N) is 3. The molecule has 0 saturated heterocycles. The molecular weight excluding hydrogens is 437 g/mol. The molecule has 1 aliphatic carbocycles. The molecule has 1 fully saturated rings. The van der Waals surface area contributed by atoms with E-state index in [1.807, 2.05) is 0 Å². The van der Waals surface area contributed by atoms with E-state index in [4.69, 9.17) is 14.2 Å². The fraction of sp³-hybridized carbons (Fsp3) is 0.435. The van der Waals surface area contributed by atoms with E-state index in [9.17, 15) is 13.2 Å². The van der Waals surface area contributed by atoms with Crippen LogP contribution in [0.4, 0.5) is 19.0 Å². The maximum absolute atomic E-state index is 13.0. The Balaban J connectivity index is 1.60. The van der Waals surface area contributed by atoms with E-state index >= 15 is 0 Å². The van der Waals surface area contributed by atoms with Gasteiger partial charge in [0.25, 0.3) is 0 Å². The molecule has 0 amide bonds. The first-order chi connectivity index (χ1) is 15.8. The molecule has 2 aromatic heterocycles. The van der Waals surface area contributed by atoms with Crippen LogP contribution in [0, 0.1) is 12.8 Å². The van der Waals surface area contributed by atoms with Crippen LogP contribution >= 0.6 is 0 Å². The molecule has 0 bridgehead atoms. The van der Waals surface area contributed by atoms with E-state index in [1.54, 1.807) is 33.3 Å². The van der Waals surface area contributed by atoms with Crippen molar-refractivity contribution in [1.82, 2.24) is 15.0 Å². The van der Waals surface area contributed by atoms with Crippen LogP contribution in [-0.2, 0) is 17.5 Å². The Morgan fingerprint density at radius 3 is 2.58 bits per heavy atom. The summed E-state index contributed by atoms with van der Waals surface area (Å²) in [7, 11) is 3.23. The van der Waals surface area contributed by atoms with Gasteiger partial charge in [0.05, 0.1) is 18.7 Å². The lowest BCUT2D eigenvalue weighted by Gasteiger charge is -2.18. The van der Waals surface area contributed by atoms with Crippen molar-refractivity contribution in [2.24, 2.45) is 5.92 Å². The highest BCUT2D eigenvalue weighted by molar-refractivity contribution is 5.91. The molecule has 4 rings (SSSR count). The fourth-order valence-corrected chi connectivity index (χ4v) is 3.62. The van der Waals surface area contributed by atoms with Crippen molar-refractivity contribution in [3.63, 3.8) is 0 Å². The molecule has 0 aliphatic heterocycles. The van der Waals surface area contributed by atoms with Gasteiger partial charge in [0.2, 0.25) is 0 Å². The van der Waals surface area contributed by atoms with Crippen LogP contribution in [0.25, 0.3) is 10.9 Å². The lowest BCUT2D eigenvalue weighted by molar-refractivity contribution is -0.141. The van der Waals surface area contributed by atoms with Crippen LogP contribution in [0.5, 0.6) is 11.5 Å². The van der Waals surface area contributed by atoms with Gasteiger partial charge in [-0.25, -0.2) is 9.97 Å². The maximum Gasteiger partial charge on any atom is 0.433 e. The van der Waals surface area contributed by atoms with E-state index in [1.165, 1.54) is 6.07 Å². The summed E-state index contributed by atoms with van der Waals surface area (Å²) in [6, 6.07) is 6.09. The number of halogens is 3. The van der Waals surface area contributed by atoms with Crippen LogP contribution < -0.4 is 14.8 Å². The van der Waals surface area contributed by atoms with Crippen molar-refractivity contribution in [2.75, 3.05) is 26.1 Å². The minimum Gasteiger partial charge on any atom is -0.493 e. The zero-order valence-electron chi connectivity index (χ0n) is 18.6. The number of nitrogens with one attached hydrogen (secondary N) is 1. The lowest BCUT2D eigenvalue weighted by atomic mass is 10.2. The van der Waals surface area contributed by atoms with Crippen LogP contribution in [0.3, 0.4) is 0 Å². The Morgan fingerprint density at radius 2 is 1.91 bits per heavy atom. The number of hydrogen-bond acceptors (Lipinski definition) is 7. The molecule has 2 heterocycles. The topological polar surface area (TPSA) is 78.4 Å². The highest BCUT2D eigenvalue weighted by Crippen LogP contribution is 2.37. The average Bonchev–Trinajstić information content (AvgIpc) is 3.62. The molecule has 1 unspecified atom stereocenters. The third-order valence-corrected chi connectivity index (χ3v) is 5.52. The number of alkyl halides is 3. The Hall–Kier alpha value is -3.14. The Morgan fingerprint density at radius 1 is 1.12 bits per heavy atom. The number of rotatable bonds is 9. The molecule has 176 valence electrons. The number of hydrogen-bond donors (Lipinski definition) is 1. The number of ether oxygens (including phenoxy) is 3. The van der Waals surface area contributed by atoms with E-state index in [-0.39, 0.29) is 12.6 Å². The van der Waals surface area contributed by atoms with Gasteiger partial charge in [-0.2, -0.15) is 13.2 Å². The zero-order chi connectivity index (χ0) is 23.6. The second-order valence-corrected chi connectivity index (χ2v) is 7.96. The number of methoxy groups -OCH3 is 2. The zero-order valence-corrected chi connectivity index (χ0v) is 18.6. The summed E-state index contributed by atoms with van der Waals surface area (Å²) in [4.78, 5) is 12.3. The van der Waals surface area contributed by atoms with Gasteiger partial charge < -0.3 is 19.5 Å². The molecule has 1 aromatic carbocycles. The minimum atomic E-state index is -4.50. The number of anilines is 1. The summed E-state index contributed by atoms with van der Waals surface area (Å²) in [5.74, 6) is 2.56. The Labute approximate surface area is 189 Å². The number of pyridine rings is 1. The first-order valence-electron chi connectivity index (χ1n) is 10.6. The Kier molecular flexibility index (Phi) is 6.55. The number of aryl methyl sites for hydroxylation is 1. The van der Waals surface area contributed by atoms with Crippen molar-refractivity contribution >= 4 is 16.7 Å². The van der Waals surface area contributed by atoms with E-state index < -0.39 is 11.9 Å². The molecule has 7 nitrogen and oxygen atoms in total. The van der Waals surface area contributed by atoms with Crippen molar-refractivity contribution in [3.8, 4) is 11.5 Å².